The first-order valence-corrected chi connectivity index (χ1v) is 4.74. The second-order valence-corrected chi connectivity index (χ2v) is 4.12. The summed E-state index contributed by atoms with van der Waals surface area (Å²) in [5, 5.41) is 11.6. The predicted molar refractivity (Wildman–Crippen MR) is 52.1 cm³/mol. The van der Waals surface area contributed by atoms with Gasteiger partial charge >= 0.3 is 6.03 Å². The van der Waals surface area contributed by atoms with E-state index in [-0.39, 0.29) is 18.7 Å². The summed E-state index contributed by atoms with van der Waals surface area (Å²) in [7, 11) is 1.60. The zero-order valence-corrected chi connectivity index (χ0v) is 8.91. The summed E-state index contributed by atoms with van der Waals surface area (Å²) in [6.45, 7) is 4.75. The van der Waals surface area contributed by atoms with Gasteiger partial charge in [0.25, 0.3) is 0 Å². The highest BCUT2D eigenvalue weighted by Crippen LogP contribution is 2.20. The van der Waals surface area contributed by atoms with Crippen LogP contribution >= 0.6 is 0 Å². The number of carbonyl (C=O) groups is 1. The summed E-state index contributed by atoms with van der Waals surface area (Å²) in [6, 6.07) is -0.125. The largest absolute Gasteiger partial charge is 0.394 e. The van der Waals surface area contributed by atoms with Crippen LogP contribution in [0.3, 0.4) is 0 Å². The summed E-state index contributed by atoms with van der Waals surface area (Å²) in [6.07, 6.45) is -0.281. The molecular formula is C9H18N2O3. The average Bonchev–Trinajstić information content (AvgIpc) is 2.14. The molecule has 0 bridgehead atoms. The number of aliphatic hydroxyl groups excluding tert-OH is 1. The van der Waals surface area contributed by atoms with E-state index in [0.717, 1.165) is 0 Å². The molecule has 1 saturated heterocycles. The molecule has 14 heavy (non-hydrogen) atoms. The number of aliphatic hydroxyl groups is 1. The lowest BCUT2D eigenvalue weighted by Crippen LogP contribution is -2.57. The van der Waals surface area contributed by atoms with Crippen LogP contribution in [0.2, 0.25) is 0 Å². The van der Waals surface area contributed by atoms with Crippen LogP contribution in [-0.2, 0) is 4.74 Å². The Hall–Kier alpha value is -0.810. The topological polar surface area (TPSA) is 61.8 Å². The van der Waals surface area contributed by atoms with Gasteiger partial charge < -0.3 is 20.1 Å². The van der Waals surface area contributed by atoms with Crippen molar-refractivity contribution in [1.29, 1.82) is 0 Å². The molecule has 1 heterocycles. The van der Waals surface area contributed by atoms with E-state index in [9.17, 15) is 4.79 Å². The highest BCUT2D eigenvalue weighted by Gasteiger charge is 2.34. The van der Waals surface area contributed by atoms with Crippen LogP contribution in [0.4, 0.5) is 4.79 Å². The van der Waals surface area contributed by atoms with Gasteiger partial charge in [0, 0.05) is 7.05 Å². The zero-order valence-electron chi connectivity index (χ0n) is 8.91. The number of urea groups is 1. The third-order valence-electron chi connectivity index (χ3n) is 2.19. The maximum atomic E-state index is 11.4. The number of ether oxygens (including phenoxy) is 1. The number of hydrogen-bond donors (Lipinski definition) is 2. The monoisotopic (exact) mass is 202 g/mol. The molecule has 0 saturated carbocycles. The van der Waals surface area contributed by atoms with E-state index < -0.39 is 5.60 Å². The number of rotatable bonds is 1. The fourth-order valence-electron chi connectivity index (χ4n) is 1.70. The maximum absolute atomic E-state index is 11.4. The van der Waals surface area contributed by atoms with Crippen molar-refractivity contribution in [2.75, 3.05) is 26.7 Å². The molecule has 1 atom stereocenters. The minimum absolute atomic E-state index is 0.0586. The van der Waals surface area contributed by atoms with Gasteiger partial charge in [0.1, 0.15) is 0 Å². The lowest BCUT2D eigenvalue weighted by molar-refractivity contribution is -0.138. The van der Waals surface area contributed by atoms with Crippen molar-refractivity contribution in [3.05, 3.63) is 0 Å². The summed E-state index contributed by atoms with van der Waals surface area (Å²) in [5.74, 6) is 0. The highest BCUT2D eigenvalue weighted by atomic mass is 16.5. The Balaban J connectivity index is 2.65. The van der Waals surface area contributed by atoms with Crippen LogP contribution in [0.1, 0.15) is 13.8 Å². The third kappa shape index (κ3) is 2.59. The first kappa shape index (κ1) is 11.3. The van der Waals surface area contributed by atoms with Crippen molar-refractivity contribution in [3.63, 3.8) is 0 Å². The van der Waals surface area contributed by atoms with Gasteiger partial charge in [-0.1, -0.05) is 0 Å². The molecule has 1 unspecified atom stereocenters. The van der Waals surface area contributed by atoms with Crippen molar-refractivity contribution < 1.29 is 14.6 Å². The molecule has 1 fully saturated rings. The number of nitrogens with zero attached hydrogens (tertiary/aromatic N) is 1. The molecule has 2 amide bonds. The van der Waals surface area contributed by atoms with Crippen molar-refractivity contribution in [3.8, 4) is 0 Å². The Morgan fingerprint density at radius 1 is 1.71 bits per heavy atom. The van der Waals surface area contributed by atoms with E-state index in [0.29, 0.717) is 13.1 Å². The summed E-state index contributed by atoms with van der Waals surface area (Å²) < 4.78 is 5.58. The highest BCUT2D eigenvalue weighted by molar-refractivity contribution is 5.74. The number of carbonyl (C=O) groups excluding carboxylic acids is 1. The standard InChI is InChI=1S/C9H18N2O3/c1-9(2)6-11(8(13)10-3)4-7(5-12)14-9/h7,12H,4-6H2,1-3H3,(H,10,13). The minimum Gasteiger partial charge on any atom is -0.394 e. The van der Waals surface area contributed by atoms with Gasteiger partial charge in [-0.15, -0.1) is 0 Å². The maximum Gasteiger partial charge on any atom is 0.317 e. The first-order chi connectivity index (χ1) is 6.48. The smallest absolute Gasteiger partial charge is 0.317 e. The molecule has 82 valence electrons. The minimum atomic E-state index is -0.391. The zero-order chi connectivity index (χ0) is 10.8. The molecular weight excluding hydrogens is 184 g/mol. The van der Waals surface area contributed by atoms with E-state index in [2.05, 4.69) is 5.32 Å². The predicted octanol–water partition coefficient (Wildman–Crippen LogP) is -0.203. The molecule has 1 aliphatic heterocycles. The molecule has 5 heteroatoms. The van der Waals surface area contributed by atoms with E-state index in [4.69, 9.17) is 9.84 Å². The van der Waals surface area contributed by atoms with E-state index in [1.165, 1.54) is 0 Å². The first-order valence-electron chi connectivity index (χ1n) is 4.74. The van der Waals surface area contributed by atoms with Crippen LogP contribution in [0.15, 0.2) is 0 Å². The van der Waals surface area contributed by atoms with Gasteiger partial charge in [0.05, 0.1) is 31.4 Å². The van der Waals surface area contributed by atoms with Crippen LogP contribution in [0, 0.1) is 0 Å². The average molecular weight is 202 g/mol. The number of nitrogens with one attached hydrogen (secondary N) is 1. The van der Waals surface area contributed by atoms with Gasteiger partial charge in [-0.3, -0.25) is 0 Å². The van der Waals surface area contributed by atoms with Crippen LogP contribution in [-0.4, -0.2) is 54.5 Å². The molecule has 1 aliphatic rings. The van der Waals surface area contributed by atoms with Crippen molar-refractivity contribution in [1.82, 2.24) is 10.2 Å². The van der Waals surface area contributed by atoms with Gasteiger partial charge in [-0.05, 0) is 13.8 Å². The molecule has 5 nitrogen and oxygen atoms in total. The molecule has 0 spiro atoms. The van der Waals surface area contributed by atoms with E-state index in [1.54, 1.807) is 11.9 Å². The Morgan fingerprint density at radius 2 is 2.36 bits per heavy atom. The number of morpholine rings is 1. The fourth-order valence-corrected chi connectivity index (χ4v) is 1.70. The van der Waals surface area contributed by atoms with Crippen molar-refractivity contribution >= 4 is 6.03 Å². The summed E-state index contributed by atoms with van der Waals surface area (Å²) in [4.78, 5) is 13.1. The normalized spacial score (nSPS) is 26.0. The molecule has 0 aromatic rings. The van der Waals surface area contributed by atoms with Gasteiger partial charge in [0.2, 0.25) is 0 Å². The second-order valence-electron chi connectivity index (χ2n) is 4.12. The summed E-state index contributed by atoms with van der Waals surface area (Å²) >= 11 is 0. The third-order valence-corrected chi connectivity index (χ3v) is 2.19. The Kier molecular flexibility index (Phi) is 3.34. The van der Waals surface area contributed by atoms with Gasteiger partial charge in [-0.25, -0.2) is 4.79 Å². The lowest BCUT2D eigenvalue weighted by atomic mass is 10.1. The van der Waals surface area contributed by atoms with E-state index in [1.807, 2.05) is 13.8 Å². The molecule has 0 aromatic carbocycles. The Morgan fingerprint density at radius 3 is 2.86 bits per heavy atom. The number of amides is 2. The molecule has 2 N–H and O–H groups in total. The van der Waals surface area contributed by atoms with Crippen LogP contribution in [0.25, 0.3) is 0 Å². The lowest BCUT2D eigenvalue weighted by Gasteiger charge is -2.41. The molecule has 0 aromatic heterocycles. The molecule has 0 aliphatic carbocycles. The van der Waals surface area contributed by atoms with Crippen molar-refractivity contribution in [2.45, 2.75) is 25.6 Å². The Bertz CT molecular complexity index is 218. The number of hydrogen-bond acceptors (Lipinski definition) is 3. The van der Waals surface area contributed by atoms with Crippen LogP contribution in [0.5, 0.6) is 0 Å². The van der Waals surface area contributed by atoms with Crippen molar-refractivity contribution in [2.24, 2.45) is 0 Å². The van der Waals surface area contributed by atoms with E-state index >= 15 is 0 Å². The fraction of sp³-hybridized carbons (Fsp3) is 0.889. The Labute approximate surface area is 84.0 Å². The summed E-state index contributed by atoms with van der Waals surface area (Å²) in [5.41, 5.74) is -0.391. The molecule has 0 radical (unpaired) electrons. The SMILES string of the molecule is CNC(=O)N1CC(CO)OC(C)(C)C1. The second kappa shape index (κ2) is 4.14. The van der Waals surface area contributed by atoms with Crippen LogP contribution < -0.4 is 5.32 Å². The van der Waals surface area contributed by atoms with Gasteiger partial charge in [0.15, 0.2) is 0 Å². The molecule has 1 rings (SSSR count). The van der Waals surface area contributed by atoms with Gasteiger partial charge in [-0.2, -0.15) is 0 Å². The quantitative estimate of drug-likeness (QED) is 0.619.